The van der Waals surface area contributed by atoms with Crippen LogP contribution < -0.4 is 4.57 Å². The molecule has 0 aliphatic carbocycles. The molecule has 0 saturated carbocycles. The van der Waals surface area contributed by atoms with Gasteiger partial charge in [0.15, 0.2) is 12.4 Å². The summed E-state index contributed by atoms with van der Waals surface area (Å²) in [6.45, 7) is 4.12. The molecule has 2 aromatic heterocycles. The quantitative estimate of drug-likeness (QED) is 0.220. The van der Waals surface area contributed by atoms with E-state index in [0.29, 0.717) is 16.9 Å². The number of rotatable bonds is 7. The van der Waals surface area contributed by atoms with Crippen molar-refractivity contribution in [2.24, 2.45) is 4.99 Å². The minimum atomic E-state index is -0.779. The van der Waals surface area contributed by atoms with E-state index in [9.17, 15) is 9.90 Å². The molecule has 2 heterocycles. The van der Waals surface area contributed by atoms with Crippen molar-refractivity contribution in [1.82, 2.24) is 0 Å². The van der Waals surface area contributed by atoms with Crippen molar-refractivity contribution < 1.29 is 18.9 Å². The fourth-order valence-electron chi connectivity index (χ4n) is 2.87. The Hall–Kier alpha value is -2.83. The van der Waals surface area contributed by atoms with Gasteiger partial charge in [-0.3, -0.25) is 4.79 Å². The van der Waals surface area contributed by atoms with E-state index in [4.69, 9.17) is 17.0 Å². The van der Waals surface area contributed by atoms with Gasteiger partial charge in [-0.05, 0) is 54.3 Å². The predicted molar refractivity (Wildman–Crippen MR) is 109 cm³/mol. The van der Waals surface area contributed by atoms with Crippen LogP contribution in [0.2, 0.25) is 0 Å². The van der Waals surface area contributed by atoms with Gasteiger partial charge in [-0.2, -0.15) is 4.57 Å². The van der Waals surface area contributed by atoms with Crippen molar-refractivity contribution in [2.75, 3.05) is 0 Å². The van der Waals surface area contributed by atoms with Crippen molar-refractivity contribution in [3.05, 3.63) is 89.1 Å². The maximum atomic E-state index is 13.4. The van der Waals surface area contributed by atoms with E-state index in [1.807, 2.05) is 38.1 Å². The summed E-state index contributed by atoms with van der Waals surface area (Å²) in [7, 11) is 0. The molecular weight excluding hydrogens is 372 g/mol. The summed E-state index contributed by atoms with van der Waals surface area (Å²) >= 11 is 5.53. The van der Waals surface area contributed by atoms with E-state index in [0.717, 1.165) is 11.1 Å². The second-order valence-corrected chi connectivity index (χ2v) is 7.04. The van der Waals surface area contributed by atoms with Gasteiger partial charge in [0.25, 0.3) is 0 Å². The van der Waals surface area contributed by atoms with Crippen LogP contribution in [-0.2, 0) is 25.8 Å². The number of pyridine rings is 1. The third-order valence-electron chi connectivity index (χ3n) is 4.61. The Bertz CT molecular complexity index is 997. The van der Waals surface area contributed by atoms with Crippen LogP contribution in [0, 0.1) is 13.8 Å². The molecule has 28 heavy (non-hydrogen) atoms. The maximum Gasteiger partial charge on any atom is 0.237 e. The Kier molecular flexibility index (Phi) is 6.34. The van der Waals surface area contributed by atoms with Gasteiger partial charge in [0.05, 0.1) is 19.4 Å². The van der Waals surface area contributed by atoms with Gasteiger partial charge < -0.3 is 27.1 Å². The number of aliphatic hydroxyl groups is 1. The standard InChI is InChI=1S/C22H22N2O3S/c1-15-7-8-18(11-16(15)2)21(26)20(24-9-3-5-17(13-24)14-25)22(28)23-12-19-6-4-10-27-19/h3-11,13,20,25H,12,14H2,1-2H3/t20-/m1/s1. The molecule has 3 rings (SSSR count). The Morgan fingerprint density at radius 2 is 2.04 bits per heavy atom. The number of aryl methyl sites for hydroxylation is 2. The number of aromatic nitrogens is 1. The average molecular weight is 394 g/mol. The van der Waals surface area contributed by atoms with E-state index in [1.165, 1.54) is 0 Å². The van der Waals surface area contributed by atoms with Crippen molar-refractivity contribution in [1.29, 1.82) is 0 Å². The predicted octanol–water partition coefficient (Wildman–Crippen LogP) is 3.25. The highest BCUT2D eigenvalue weighted by Gasteiger charge is 2.28. The molecule has 0 bridgehead atoms. The SMILES string of the molecule is Cc1ccc(C(=O)[C@H](C([S-])=NCc2ccco2)[n+]2cccc(CO)c2)cc1C. The number of nitrogens with zero attached hydrogens (tertiary/aromatic N) is 2. The molecule has 0 spiro atoms. The van der Waals surface area contributed by atoms with Crippen molar-refractivity contribution in [3.8, 4) is 0 Å². The Balaban J connectivity index is 2.00. The lowest BCUT2D eigenvalue weighted by Crippen LogP contribution is -2.48. The Morgan fingerprint density at radius 3 is 2.71 bits per heavy atom. The molecule has 1 aromatic carbocycles. The molecular formula is C22H22N2O3S. The van der Waals surface area contributed by atoms with Crippen LogP contribution in [0.4, 0.5) is 0 Å². The summed E-state index contributed by atoms with van der Waals surface area (Å²) in [4.78, 5) is 17.8. The van der Waals surface area contributed by atoms with E-state index in [1.54, 1.807) is 41.4 Å². The summed E-state index contributed by atoms with van der Waals surface area (Å²) in [6, 6.07) is 12.0. The zero-order valence-corrected chi connectivity index (χ0v) is 16.6. The number of benzene rings is 1. The Morgan fingerprint density at radius 1 is 1.21 bits per heavy atom. The third-order valence-corrected chi connectivity index (χ3v) is 4.96. The number of hydrogen-bond donors (Lipinski definition) is 1. The summed E-state index contributed by atoms with van der Waals surface area (Å²) in [5, 5.41) is 9.73. The average Bonchev–Trinajstić information content (AvgIpc) is 3.22. The van der Waals surface area contributed by atoms with Crippen LogP contribution in [0.5, 0.6) is 0 Å². The van der Waals surface area contributed by atoms with E-state index >= 15 is 0 Å². The first-order valence-electron chi connectivity index (χ1n) is 8.95. The number of furan rings is 1. The summed E-state index contributed by atoms with van der Waals surface area (Å²) < 4.78 is 7.01. The lowest BCUT2D eigenvalue weighted by molar-refractivity contribution is -0.692. The van der Waals surface area contributed by atoms with E-state index in [-0.39, 0.29) is 24.0 Å². The minimum Gasteiger partial charge on any atom is -0.758 e. The summed E-state index contributed by atoms with van der Waals surface area (Å²) in [5.41, 5.74) is 3.42. The minimum absolute atomic E-state index is 0.123. The monoisotopic (exact) mass is 394 g/mol. The number of Topliss-reactive ketones (excluding diaryl/α,β-unsaturated/α-hetero) is 1. The molecule has 0 amide bonds. The van der Waals surface area contributed by atoms with Gasteiger partial charge >= 0.3 is 0 Å². The molecule has 5 nitrogen and oxygen atoms in total. The molecule has 0 radical (unpaired) electrons. The topological polar surface area (TPSA) is 66.7 Å². The largest absolute Gasteiger partial charge is 0.758 e. The fraction of sp³-hybridized carbons (Fsp3) is 0.227. The number of aliphatic imine (C=N–C) groups is 1. The van der Waals surface area contributed by atoms with Crippen LogP contribution in [0.15, 0.2) is 70.5 Å². The zero-order valence-electron chi connectivity index (χ0n) is 15.8. The second-order valence-electron chi connectivity index (χ2n) is 6.62. The highest BCUT2D eigenvalue weighted by atomic mass is 32.1. The van der Waals surface area contributed by atoms with Gasteiger partial charge in [-0.1, -0.05) is 12.1 Å². The lowest BCUT2D eigenvalue weighted by Gasteiger charge is -2.19. The van der Waals surface area contributed by atoms with Gasteiger partial charge in [0, 0.05) is 17.2 Å². The molecule has 1 N–H and O–H groups in total. The molecule has 0 saturated heterocycles. The first-order valence-corrected chi connectivity index (χ1v) is 9.36. The smallest absolute Gasteiger partial charge is 0.237 e. The maximum absolute atomic E-state index is 13.4. The molecule has 0 aliphatic rings. The highest BCUT2D eigenvalue weighted by molar-refractivity contribution is 7.77. The van der Waals surface area contributed by atoms with Gasteiger partial charge in [0.1, 0.15) is 5.76 Å². The van der Waals surface area contributed by atoms with Crippen molar-refractivity contribution in [3.63, 3.8) is 0 Å². The van der Waals surface area contributed by atoms with Crippen LogP contribution in [0.25, 0.3) is 0 Å². The fourth-order valence-corrected chi connectivity index (χ4v) is 3.16. The second kappa shape index (κ2) is 8.91. The number of aliphatic hydroxyl groups excluding tert-OH is 1. The number of ketones is 1. The molecule has 3 aromatic rings. The molecule has 0 unspecified atom stereocenters. The Labute approximate surface area is 169 Å². The van der Waals surface area contributed by atoms with Crippen LogP contribution >= 0.6 is 0 Å². The van der Waals surface area contributed by atoms with Gasteiger partial charge in [-0.25, -0.2) is 0 Å². The molecule has 6 heteroatoms. The van der Waals surface area contributed by atoms with Gasteiger partial charge in [0.2, 0.25) is 11.8 Å². The summed E-state index contributed by atoms with van der Waals surface area (Å²) in [6.07, 6.45) is 5.06. The van der Waals surface area contributed by atoms with Crippen molar-refractivity contribution in [2.45, 2.75) is 33.0 Å². The lowest BCUT2D eigenvalue weighted by atomic mass is 9.99. The van der Waals surface area contributed by atoms with Crippen LogP contribution in [0.3, 0.4) is 0 Å². The van der Waals surface area contributed by atoms with Crippen LogP contribution in [0.1, 0.15) is 38.9 Å². The van der Waals surface area contributed by atoms with E-state index in [2.05, 4.69) is 4.99 Å². The third kappa shape index (κ3) is 4.52. The first-order chi connectivity index (χ1) is 13.5. The van der Waals surface area contributed by atoms with E-state index < -0.39 is 6.04 Å². The summed E-state index contributed by atoms with van der Waals surface area (Å²) in [5.74, 6) is 0.533. The molecule has 0 fully saturated rings. The van der Waals surface area contributed by atoms with Crippen LogP contribution in [-0.4, -0.2) is 15.9 Å². The molecule has 1 atom stereocenters. The first kappa shape index (κ1) is 19.9. The number of carbonyl (C=O) groups excluding carboxylic acids is 1. The number of hydrogen-bond acceptors (Lipinski definition) is 5. The molecule has 0 aliphatic heterocycles. The number of carbonyl (C=O) groups is 1. The highest BCUT2D eigenvalue weighted by Crippen LogP contribution is 2.16. The molecule has 144 valence electrons. The van der Waals surface area contributed by atoms with Gasteiger partial charge in [-0.15, -0.1) is 0 Å². The normalized spacial score (nSPS) is 12.8. The van der Waals surface area contributed by atoms with Crippen molar-refractivity contribution >= 4 is 23.5 Å². The zero-order chi connectivity index (χ0) is 20.1.